The highest BCUT2D eigenvalue weighted by atomic mass is 14.9. The molecule has 4 aliphatic heterocycles. The van der Waals surface area contributed by atoms with Crippen molar-refractivity contribution in [3.63, 3.8) is 0 Å². The Labute approximate surface area is 564 Å². The zero-order valence-corrected chi connectivity index (χ0v) is 53.0. The lowest BCUT2D eigenvalue weighted by Crippen LogP contribution is -1.94. The van der Waals surface area contributed by atoms with E-state index in [1.165, 1.54) is 0 Å². The van der Waals surface area contributed by atoms with Crippen LogP contribution in [-0.2, 0) is 0 Å². The van der Waals surface area contributed by atoms with Crippen LogP contribution in [0.25, 0.3) is 193 Å². The topological polar surface area (TPSA) is 167 Å². The van der Waals surface area contributed by atoms with Crippen molar-refractivity contribution in [3.8, 4) is 100 Å². The largest absolute Gasteiger partial charge is 0.396 e. The number of aromatic amines is 4. The van der Waals surface area contributed by atoms with E-state index in [2.05, 4.69) is 287 Å². The molecule has 0 amide bonds. The third-order valence-corrected chi connectivity index (χ3v) is 18.9. The SMILES string of the molecule is Nc1c(-c2c(N)c3[nH]c2c(-c2ccccc2)c2nc(c(-c4ccccc4)c4ccc([nH]4)c(-c4ccccc4)c4nc(c3-c3ccccc3)C=C4)C=C2)c2[nH]c1c(-c1ccccc1)c1nc(c(-c3ccccc3)c3ccc([nH]3)c(-c3ccccc3)c3nc(c2-c2ccccc2)C=C3)C=C1. The first-order chi connectivity index (χ1) is 48.5. The molecule has 8 N–H and O–H groups in total. The van der Waals surface area contributed by atoms with Crippen LogP contribution in [0.15, 0.2) is 267 Å². The third kappa shape index (κ3) is 9.81. The van der Waals surface area contributed by atoms with Crippen LogP contribution in [0, 0.1) is 0 Å². The molecule has 10 heteroatoms. The van der Waals surface area contributed by atoms with Gasteiger partial charge < -0.3 is 31.4 Å². The van der Waals surface area contributed by atoms with Gasteiger partial charge in [-0.05, 0) is 117 Å². The minimum absolute atomic E-state index is 0.442. The highest BCUT2D eigenvalue weighted by Crippen LogP contribution is 2.52. The number of H-pyrrole nitrogens is 4. The van der Waals surface area contributed by atoms with Gasteiger partial charge in [-0.15, -0.1) is 0 Å². The van der Waals surface area contributed by atoms with Crippen LogP contribution in [0.5, 0.6) is 0 Å². The van der Waals surface area contributed by atoms with Crippen LogP contribution in [0.1, 0.15) is 45.6 Å². The number of nitrogens with two attached hydrogens (primary N) is 2. The fraction of sp³-hybridized carbons (Fsp3) is 0. The number of rotatable bonds is 9. The summed E-state index contributed by atoms with van der Waals surface area (Å²) in [5, 5.41) is 0. The molecular weight excluding hydrogens is 1200 g/mol. The number of hydrogen-bond donors (Lipinski definition) is 6. The minimum Gasteiger partial charge on any atom is -0.396 e. The summed E-state index contributed by atoms with van der Waals surface area (Å²) in [4.78, 5) is 39.1. The summed E-state index contributed by atoms with van der Waals surface area (Å²) >= 11 is 0. The third-order valence-electron chi connectivity index (χ3n) is 18.9. The molecule has 0 unspecified atom stereocenters. The quantitative estimate of drug-likeness (QED) is 0.0841. The number of benzene rings is 8. The van der Waals surface area contributed by atoms with E-state index >= 15 is 0 Å². The number of nitrogen functional groups attached to an aromatic ring is 2. The second-order valence-electron chi connectivity index (χ2n) is 24.7. The Balaban J connectivity index is 1.10. The zero-order valence-electron chi connectivity index (χ0n) is 53.0. The summed E-state index contributed by atoms with van der Waals surface area (Å²) in [6, 6.07) is 92.2. The molecule has 0 radical (unpaired) electrons. The van der Waals surface area contributed by atoms with Crippen molar-refractivity contribution in [1.82, 2.24) is 39.9 Å². The van der Waals surface area contributed by atoms with Crippen molar-refractivity contribution in [2.45, 2.75) is 0 Å². The lowest BCUT2D eigenvalue weighted by atomic mass is 9.94. The lowest BCUT2D eigenvalue weighted by molar-refractivity contribution is 1.31. The molecule has 14 aromatic rings. The van der Waals surface area contributed by atoms with Crippen molar-refractivity contribution in [2.24, 2.45) is 0 Å². The van der Waals surface area contributed by atoms with E-state index < -0.39 is 0 Å². The Hall–Kier alpha value is -13.4. The average molecular weight is 1260 g/mol. The maximum absolute atomic E-state index is 8.37. The zero-order chi connectivity index (χ0) is 65.2. The lowest BCUT2D eigenvalue weighted by Gasteiger charge is -2.11. The molecule has 0 spiro atoms. The van der Waals surface area contributed by atoms with Gasteiger partial charge in [-0.2, -0.15) is 0 Å². The Morgan fingerprint density at radius 1 is 0.173 bits per heavy atom. The monoisotopic (exact) mass is 1260 g/mol. The van der Waals surface area contributed by atoms with Gasteiger partial charge in [0.2, 0.25) is 0 Å². The second kappa shape index (κ2) is 23.8. The molecule has 0 fully saturated rings. The summed E-state index contributed by atoms with van der Waals surface area (Å²) in [5.41, 5.74) is 45.7. The fourth-order valence-electron chi connectivity index (χ4n) is 14.5. The molecule has 10 nitrogen and oxygen atoms in total. The van der Waals surface area contributed by atoms with E-state index in [0.717, 1.165) is 134 Å². The van der Waals surface area contributed by atoms with Crippen molar-refractivity contribution in [2.75, 3.05) is 11.5 Å². The van der Waals surface area contributed by atoms with Crippen LogP contribution in [0.3, 0.4) is 0 Å². The summed E-state index contributed by atoms with van der Waals surface area (Å²) in [5.74, 6) is 0. The molecule has 6 aromatic heterocycles. The van der Waals surface area contributed by atoms with E-state index in [9.17, 15) is 0 Å². The summed E-state index contributed by atoms with van der Waals surface area (Å²) in [6.45, 7) is 0. The Morgan fingerprint density at radius 3 is 0.551 bits per heavy atom. The fourth-order valence-corrected chi connectivity index (χ4v) is 14.5. The van der Waals surface area contributed by atoms with Crippen LogP contribution >= 0.6 is 0 Å². The smallest absolute Gasteiger partial charge is 0.0738 e. The molecule has 0 atom stereocenters. The van der Waals surface area contributed by atoms with E-state index in [1.807, 2.05) is 48.5 Å². The normalized spacial score (nSPS) is 12.2. The van der Waals surface area contributed by atoms with Gasteiger partial charge in [0, 0.05) is 77.7 Å². The summed E-state index contributed by atoms with van der Waals surface area (Å²) < 4.78 is 0. The van der Waals surface area contributed by atoms with Gasteiger partial charge in [0.05, 0.1) is 79.0 Å². The second-order valence-corrected chi connectivity index (χ2v) is 24.7. The molecule has 0 aliphatic carbocycles. The van der Waals surface area contributed by atoms with Gasteiger partial charge in [-0.25, -0.2) is 19.9 Å². The van der Waals surface area contributed by atoms with Crippen LogP contribution < -0.4 is 11.5 Å². The van der Waals surface area contributed by atoms with Crippen molar-refractivity contribution in [3.05, 3.63) is 312 Å². The van der Waals surface area contributed by atoms with Crippen molar-refractivity contribution in [1.29, 1.82) is 0 Å². The summed E-state index contributed by atoms with van der Waals surface area (Å²) in [6.07, 6.45) is 17.0. The van der Waals surface area contributed by atoms with E-state index in [4.69, 9.17) is 31.4 Å². The highest BCUT2D eigenvalue weighted by molar-refractivity contribution is 6.20. The van der Waals surface area contributed by atoms with Crippen LogP contribution in [0.4, 0.5) is 11.4 Å². The Bertz CT molecular complexity index is 5630. The van der Waals surface area contributed by atoms with E-state index in [0.29, 0.717) is 67.3 Å². The number of aromatic nitrogens is 8. The van der Waals surface area contributed by atoms with Gasteiger partial charge in [-0.1, -0.05) is 243 Å². The van der Waals surface area contributed by atoms with Gasteiger partial charge in [0.25, 0.3) is 0 Å². The summed E-state index contributed by atoms with van der Waals surface area (Å²) in [7, 11) is 0. The number of hydrogen-bond acceptors (Lipinski definition) is 6. The van der Waals surface area contributed by atoms with E-state index in [1.54, 1.807) is 0 Å². The molecular formula is C88H60N10. The first-order valence-corrected chi connectivity index (χ1v) is 32.9. The van der Waals surface area contributed by atoms with Crippen LogP contribution in [0.2, 0.25) is 0 Å². The number of anilines is 2. The minimum atomic E-state index is 0.442. The first kappa shape index (κ1) is 57.2. The van der Waals surface area contributed by atoms with E-state index in [-0.39, 0.29) is 0 Å². The molecule has 18 rings (SSSR count). The maximum atomic E-state index is 8.37. The van der Waals surface area contributed by atoms with Gasteiger partial charge in [0.15, 0.2) is 0 Å². The highest BCUT2D eigenvalue weighted by Gasteiger charge is 2.30. The molecule has 98 heavy (non-hydrogen) atoms. The number of nitrogens with one attached hydrogen (secondary N) is 4. The molecule has 0 saturated carbocycles. The first-order valence-electron chi connectivity index (χ1n) is 32.9. The predicted molar refractivity (Wildman–Crippen MR) is 409 cm³/mol. The average Bonchev–Trinajstić information content (AvgIpc) is 1.56. The standard InChI is InChI=1S/C88H60N10/c89-83-81(85-77(57-33-17-5-18-34-57)69-49-45-65(93-69)73(53-25-9-1-10-26-53)61-41-43-63(91-61)75(55-29-13-3-14-30-55)67-47-51-71(95-67)79(87(83)97-85)59-37-21-7-22-38-59)82-84(90)88-80(60-39-23-8-24-40-60)72-52-48-68(96-72)76(56-31-15-4-16-32-56)64-44-42-62(92-64)74(54-27-11-2-12-28-54)66-46-50-70(94-66)78(86(82)98-88)58-35-19-6-20-36-58/h1-52,91-92,97-98H,89-90H2. The van der Waals surface area contributed by atoms with Crippen molar-refractivity contribution < 1.29 is 0 Å². The molecule has 462 valence electrons. The molecule has 0 saturated heterocycles. The molecule has 4 aliphatic rings. The van der Waals surface area contributed by atoms with Crippen molar-refractivity contribution >= 4 is 104 Å². The molecule has 16 bridgehead atoms. The Morgan fingerprint density at radius 2 is 0.347 bits per heavy atom. The van der Waals surface area contributed by atoms with Gasteiger partial charge in [-0.3, -0.25) is 0 Å². The number of nitrogens with zero attached hydrogens (tertiary/aromatic N) is 4. The maximum Gasteiger partial charge on any atom is 0.0738 e. The molecule has 8 aromatic carbocycles. The van der Waals surface area contributed by atoms with Gasteiger partial charge in [0.1, 0.15) is 0 Å². The predicted octanol–water partition coefficient (Wildman–Crippen LogP) is 21.8. The van der Waals surface area contributed by atoms with Crippen LogP contribution in [-0.4, -0.2) is 39.9 Å². The Kier molecular flexibility index (Phi) is 13.9. The number of fused-ring (bicyclic) bond motifs is 16. The van der Waals surface area contributed by atoms with Gasteiger partial charge >= 0.3 is 0 Å². The molecule has 10 heterocycles.